The van der Waals surface area contributed by atoms with Crippen molar-refractivity contribution < 1.29 is 14.4 Å². The molecular weight excluding hydrogens is 838 g/mol. The SMILES string of the molecule is CCCCC(CC(C)=O)c1ccccc1C(=O)CCCCCCCCCNC(=O)c1ccccc1-c1ccc(Cn2c(CCC)nc3c(C)cc(-c4nc5ccccc5n4C)cc32)cc1.Cl. The van der Waals surface area contributed by atoms with Crippen LogP contribution in [-0.2, 0) is 24.8 Å². The summed E-state index contributed by atoms with van der Waals surface area (Å²) in [6, 6.07) is 37.1. The first-order valence-electron chi connectivity index (χ1n) is 24.2. The smallest absolute Gasteiger partial charge is 0.251 e. The minimum Gasteiger partial charge on any atom is -0.352 e. The zero-order chi connectivity index (χ0) is 45.7. The van der Waals surface area contributed by atoms with Gasteiger partial charge in [-0.2, -0.15) is 0 Å². The van der Waals surface area contributed by atoms with Crippen LogP contribution in [0.1, 0.15) is 153 Å². The number of unbranched alkanes of at least 4 members (excludes halogenated alkanes) is 7. The Bertz CT molecular complexity index is 2730. The Morgan fingerprint density at radius 3 is 2.11 bits per heavy atom. The van der Waals surface area contributed by atoms with E-state index >= 15 is 0 Å². The number of hydrogen-bond donors (Lipinski definition) is 1. The zero-order valence-corrected chi connectivity index (χ0v) is 40.5. The van der Waals surface area contributed by atoms with Crippen LogP contribution in [0.25, 0.3) is 44.6 Å². The van der Waals surface area contributed by atoms with E-state index in [9.17, 15) is 14.4 Å². The van der Waals surface area contributed by atoms with Crippen molar-refractivity contribution >= 4 is 51.9 Å². The summed E-state index contributed by atoms with van der Waals surface area (Å²) >= 11 is 0. The number of hydrogen-bond acceptors (Lipinski definition) is 5. The Hall–Kier alpha value is -5.86. The molecule has 1 unspecified atom stereocenters. The second-order valence-electron chi connectivity index (χ2n) is 18.0. The van der Waals surface area contributed by atoms with Gasteiger partial charge in [-0.05, 0) is 104 Å². The van der Waals surface area contributed by atoms with Gasteiger partial charge in [-0.1, -0.05) is 138 Å². The molecule has 1 N–H and O–H groups in total. The maximum Gasteiger partial charge on any atom is 0.251 e. The number of para-hydroxylation sites is 2. The van der Waals surface area contributed by atoms with Crippen LogP contribution in [-0.4, -0.2) is 43.1 Å². The van der Waals surface area contributed by atoms with E-state index in [2.05, 4.69) is 96.9 Å². The molecule has 1 atom stereocenters. The van der Waals surface area contributed by atoms with E-state index in [-0.39, 0.29) is 35.8 Å². The molecule has 0 radical (unpaired) electrons. The maximum atomic E-state index is 13.5. The number of nitrogens with one attached hydrogen (secondary N) is 1. The van der Waals surface area contributed by atoms with Crippen molar-refractivity contribution in [3.05, 3.63) is 143 Å². The van der Waals surface area contributed by atoms with Crippen molar-refractivity contribution in [2.45, 2.75) is 130 Å². The number of imidazole rings is 2. The monoisotopic (exact) mass is 906 g/mol. The number of Topliss-reactive ketones (excluding diaryl/α,β-unsaturated/α-hetero) is 2. The fraction of sp³-hybridized carbons (Fsp3) is 0.386. The number of amides is 1. The van der Waals surface area contributed by atoms with Gasteiger partial charge >= 0.3 is 0 Å². The van der Waals surface area contributed by atoms with Crippen molar-refractivity contribution in [2.24, 2.45) is 7.05 Å². The first kappa shape index (κ1) is 49.6. The van der Waals surface area contributed by atoms with Crippen LogP contribution < -0.4 is 5.32 Å². The van der Waals surface area contributed by atoms with Crippen molar-refractivity contribution in [1.29, 1.82) is 0 Å². The van der Waals surface area contributed by atoms with Gasteiger partial charge in [0, 0.05) is 56.1 Å². The number of ketones is 2. The van der Waals surface area contributed by atoms with Crippen LogP contribution in [0.4, 0.5) is 0 Å². The molecule has 1 amide bonds. The van der Waals surface area contributed by atoms with Crippen LogP contribution in [0.2, 0.25) is 0 Å². The van der Waals surface area contributed by atoms with Gasteiger partial charge in [0.25, 0.3) is 5.91 Å². The number of rotatable bonds is 24. The van der Waals surface area contributed by atoms with Crippen molar-refractivity contribution in [2.75, 3.05) is 6.54 Å². The first-order valence-corrected chi connectivity index (χ1v) is 24.2. The molecule has 0 aliphatic carbocycles. The van der Waals surface area contributed by atoms with Crippen LogP contribution in [0.15, 0.2) is 109 Å². The summed E-state index contributed by atoms with van der Waals surface area (Å²) in [5, 5.41) is 3.18. The third-order valence-electron chi connectivity index (χ3n) is 12.9. The fourth-order valence-electron chi connectivity index (χ4n) is 9.47. The average Bonchev–Trinajstić information content (AvgIpc) is 3.84. The number of nitrogens with zero attached hydrogens (tertiary/aromatic N) is 4. The van der Waals surface area contributed by atoms with Crippen molar-refractivity contribution in [3.8, 4) is 22.5 Å². The third-order valence-corrected chi connectivity index (χ3v) is 12.9. The molecule has 346 valence electrons. The standard InChI is InChI=1S/C57H67N5O3.ClH/c1-6-8-23-44(37-41(4)63)47-25-15-17-26-48(47)53(64)30-14-12-10-9-11-13-21-35-58-57(65)49-27-18-16-24-46(49)43-33-31-42(32-34-43)39-62-52-38-45(36-40(3)55(52)60-54(62)22-7-2)56-59-50-28-19-20-29-51(50)61(56)5;/h15-20,24-29,31-34,36,38,44H,6-14,21-23,30,35,37,39H2,1-5H3,(H,58,65);1H. The highest BCUT2D eigenvalue weighted by Crippen LogP contribution is 2.33. The number of carbonyl (C=O) groups is 3. The van der Waals surface area contributed by atoms with Crippen molar-refractivity contribution in [1.82, 2.24) is 24.4 Å². The molecule has 2 aromatic heterocycles. The largest absolute Gasteiger partial charge is 0.352 e. The highest BCUT2D eigenvalue weighted by atomic mass is 35.5. The molecule has 66 heavy (non-hydrogen) atoms. The van der Waals surface area contributed by atoms with Gasteiger partial charge in [-0.25, -0.2) is 9.97 Å². The summed E-state index contributed by atoms with van der Waals surface area (Å²) in [5.41, 5.74) is 12.1. The molecule has 8 nitrogen and oxygen atoms in total. The summed E-state index contributed by atoms with van der Waals surface area (Å²) < 4.78 is 4.53. The molecule has 0 saturated heterocycles. The van der Waals surface area contributed by atoms with Gasteiger partial charge in [0.2, 0.25) is 0 Å². The Morgan fingerprint density at radius 2 is 1.38 bits per heavy atom. The molecule has 0 aliphatic rings. The van der Waals surface area contributed by atoms with Crippen LogP contribution in [0, 0.1) is 6.92 Å². The van der Waals surface area contributed by atoms with Gasteiger partial charge in [0.1, 0.15) is 17.4 Å². The number of aromatic nitrogens is 4. The lowest BCUT2D eigenvalue weighted by Gasteiger charge is -2.19. The van der Waals surface area contributed by atoms with Crippen LogP contribution in [0.3, 0.4) is 0 Å². The number of benzene rings is 5. The van der Waals surface area contributed by atoms with E-state index in [4.69, 9.17) is 9.97 Å². The van der Waals surface area contributed by atoms with Crippen LogP contribution >= 0.6 is 12.4 Å². The highest BCUT2D eigenvalue weighted by Gasteiger charge is 2.21. The Morgan fingerprint density at radius 1 is 0.697 bits per heavy atom. The topological polar surface area (TPSA) is 98.9 Å². The molecule has 0 spiro atoms. The van der Waals surface area contributed by atoms with E-state index in [0.29, 0.717) is 31.5 Å². The van der Waals surface area contributed by atoms with Gasteiger partial charge in [-0.3, -0.25) is 9.59 Å². The van der Waals surface area contributed by atoms with E-state index in [0.717, 1.165) is 144 Å². The second-order valence-corrected chi connectivity index (χ2v) is 18.0. The predicted octanol–water partition coefficient (Wildman–Crippen LogP) is 14.0. The molecule has 9 heteroatoms. The van der Waals surface area contributed by atoms with Gasteiger partial charge in [0.05, 0.1) is 22.1 Å². The average molecular weight is 907 g/mol. The molecular formula is C57H68ClN5O3. The number of aryl methyl sites for hydroxylation is 3. The molecule has 7 rings (SSSR count). The fourth-order valence-corrected chi connectivity index (χ4v) is 9.47. The zero-order valence-electron chi connectivity index (χ0n) is 39.7. The number of carbonyl (C=O) groups excluding carboxylic acids is 3. The molecule has 2 heterocycles. The molecule has 7 aromatic rings. The molecule has 0 fully saturated rings. The van der Waals surface area contributed by atoms with E-state index < -0.39 is 0 Å². The molecule has 0 aliphatic heterocycles. The van der Waals surface area contributed by atoms with E-state index in [1.807, 2.05) is 54.6 Å². The Kier molecular flexibility index (Phi) is 18.1. The lowest BCUT2D eigenvalue weighted by atomic mass is 9.84. The molecule has 5 aromatic carbocycles. The summed E-state index contributed by atoms with van der Waals surface area (Å²) in [5.74, 6) is 2.47. The minimum absolute atomic E-state index is 0. The van der Waals surface area contributed by atoms with E-state index in [1.54, 1.807) is 6.92 Å². The normalized spacial score (nSPS) is 11.8. The summed E-state index contributed by atoms with van der Waals surface area (Å²) in [6.07, 6.45) is 13.2. The molecule has 0 bridgehead atoms. The van der Waals surface area contributed by atoms with Crippen molar-refractivity contribution in [3.63, 3.8) is 0 Å². The lowest BCUT2D eigenvalue weighted by molar-refractivity contribution is -0.117. The van der Waals surface area contributed by atoms with Gasteiger partial charge in [-0.15, -0.1) is 12.4 Å². The predicted molar refractivity (Wildman–Crippen MR) is 274 cm³/mol. The minimum atomic E-state index is -0.0465. The summed E-state index contributed by atoms with van der Waals surface area (Å²) in [6.45, 7) is 9.49. The maximum absolute atomic E-state index is 13.5. The summed E-state index contributed by atoms with van der Waals surface area (Å²) in [4.78, 5) is 49.0. The van der Waals surface area contributed by atoms with E-state index in [1.165, 1.54) is 5.56 Å². The lowest BCUT2D eigenvalue weighted by Crippen LogP contribution is -2.25. The quantitative estimate of drug-likeness (QED) is 0.0481. The third kappa shape index (κ3) is 12.1. The van der Waals surface area contributed by atoms with Gasteiger partial charge in [0.15, 0.2) is 5.78 Å². The highest BCUT2D eigenvalue weighted by molar-refractivity contribution is 6.01. The Balaban J connectivity index is 0.00000720. The number of fused-ring (bicyclic) bond motifs is 2. The van der Waals surface area contributed by atoms with Crippen LogP contribution in [0.5, 0.6) is 0 Å². The summed E-state index contributed by atoms with van der Waals surface area (Å²) in [7, 11) is 2.08. The Labute approximate surface area is 398 Å². The second kappa shape index (κ2) is 24.1. The first-order chi connectivity index (χ1) is 31.7. The molecule has 0 saturated carbocycles. The number of halogens is 1. The van der Waals surface area contributed by atoms with Gasteiger partial charge < -0.3 is 19.2 Å².